The SMILES string of the molecule is CCOc1cc(CO)ccc1OCOCC(F)(F)F. The molecule has 1 aromatic rings. The van der Waals surface area contributed by atoms with Gasteiger partial charge >= 0.3 is 6.18 Å². The van der Waals surface area contributed by atoms with Crippen LogP contribution in [0, 0.1) is 0 Å². The average molecular weight is 280 g/mol. The first-order valence-corrected chi connectivity index (χ1v) is 5.60. The molecule has 0 fully saturated rings. The maximum Gasteiger partial charge on any atom is 0.411 e. The Labute approximate surface area is 108 Å². The molecule has 0 bridgehead atoms. The third kappa shape index (κ3) is 5.80. The van der Waals surface area contributed by atoms with Crippen LogP contribution in [0.15, 0.2) is 18.2 Å². The number of hydrogen-bond acceptors (Lipinski definition) is 4. The second-order valence-corrected chi connectivity index (χ2v) is 3.60. The molecule has 0 aliphatic carbocycles. The normalized spacial score (nSPS) is 11.4. The Bertz CT molecular complexity index is 393. The van der Waals surface area contributed by atoms with Crippen molar-refractivity contribution < 1.29 is 32.5 Å². The van der Waals surface area contributed by atoms with Crippen LogP contribution in [-0.2, 0) is 11.3 Å². The first-order valence-electron chi connectivity index (χ1n) is 5.60. The summed E-state index contributed by atoms with van der Waals surface area (Å²) in [5, 5.41) is 8.98. The molecule has 1 rings (SSSR count). The summed E-state index contributed by atoms with van der Waals surface area (Å²) < 4.78 is 50.2. The van der Waals surface area contributed by atoms with Gasteiger partial charge in [0, 0.05) is 0 Å². The summed E-state index contributed by atoms with van der Waals surface area (Å²) in [6.45, 7) is 0.0683. The molecule has 1 aromatic carbocycles. The fraction of sp³-hybridized carbons (Fsp3) is 0.500. The van der Waals surface area contributed by atoms with Gasteiger partial charge in [0.15, 0.2) is 18.3 Å². The molecular formula is C12H15F3O4. The zero-order chi connectivity index (χ0) is 14.3. The van der Waals surface area contributed by atoms with Gasteiger partial charge in [0.25, 0.3) is 0 Å². The quantitative estimate of drug-likeness (QED) is 0.616. The third-order valence-electron chi connectivity index (χ3n) is 2.05. The van der Waals surface area contributed by atoms with E-state index in [1.807, 2.05) is 0 Å². The van der Waals surface area contributed by atoms with Gasteiger partial charge in [-0.1, -0.05) is 6.07 Å². The van der Waals surface area contributed by atoms with E-state index in [2.05, 4.69) is 4.74 Å². The fourth-order valence-corrected chi connectivity index (χ4v) is 1.30. The Kier molecular flexibility index (Phi) is 5.91. The first-order chi connectivity index (χ1) is 8.96. The molecule has 0 radical (unpaired) electrons. The van der Waals surface area contributed by atoms with E-state index < -0.39 is 19.6 Å². The van der Waals surface area contributed by atoms with Crippen LogP contribution < -0.4 is 9.47 Å². The van der Waals surface area contributed by atoms with Gasteiger partial charge in [0.05, 0.1) is 13.2 Å². The number of aliphatic hydroxyl groups is 1. The minimum atomic E-state index is -4.38. The van der Waals surface area contributed by atoms with E-state index in [9.17, 15) is 13.2 Å². The molecule has 0 amide bonds. The average Bonchev–Trinajstić information content (AvgIpc) is 2.35. The molecule has 1 N–H and O–H groups in total. The van der Waals surface area contributed by atoms with Crippen LogP contribution in [0.3, 0.4) is 0 Å². The van der Waals surface area contributed by atoms with E-state index in [0.717, 1.165) is 0 Å². The highest BCUT2D eigenvalue weighted by Crippen LogP contribution is 2.28. The lowest BCUT2D eigenvalue weighted by Gasteiger charge is -2.13. The highest BCUT2D eigenvalue weighted by atomic mass is 19.4. The summed E-state index contributed by atoms with van der Waals surface area (Å²) in [7, 11) is 0. The maximum absolute atomic E-state index is 11.8. The van der Waals surface area contributed by atoms with Gasteiger partial charge in [0.1, 0.15) is 6.61 Å². The van der Waals surface area contributed by atoms with Crippen molar-refractivity contribution in [2.75, 3.05) is 20.0 Å². The van der Waals surface area contributed by atoms with Crippen LogP contribution in [0.2, 0.25) is 0 Å². The van der Waals surface area contributed by atoms with E-state index in [4.69, 9.17) is 14.6 Å². The van der Waals surface area contributed by atoms with Gasteiger partial charge in [-0.3, -0.25) is 0 Å². The Hall–Kier alpha value is -1.47. The van der Waals surface area contributed by atoms with Crippen molar-refractivity contribution in [3.63, 3.8) is 0 Å². The van der Waals surface area contributed by atoms with Gasteiger partial charge in [-0.25, -0.2) is 0 Å². The van der Waals surface area contributed by atoms with Gasteiger partial charge in [0.2, 0.25) is 0 Å². The molecule has 0 aromatic heterocycles. The summed E-state index contributed by atoms with van der Waals surface area (Å²) in [6.07, 6.45) is -4.38. The molecule has 0 aliphatic rings. The van der Waals surface area contributed by atoms with Gasteiger partial charge in [-0.2, -0.15) is 13.2 Å². The molecule has 0 unspecified atom stereocenters. The number of aliphatic hydroxyl groups excluding tert-OH is 1. The van der Waals surface area contributed by atoms with Crippen molar-refractivity contribution in [2.45, 2.75) is 19.7 Å². The van der Waals surface area contributed by atoms with E-state index in [1.165, 1.54) is 6.07 Å². The molecule has 0 spiro atoms. The molecule has 108 valence electrons. The Morgan fingerprint density at radius 1 is 1.16 bits per heavy atom. The van der Waals surface area contributed by atoms with Crippen LogP contribution in [0.5, 0.6) is 11.5 Å². The Morgan fingerprint density at radius 3 is 2.47 bits per heavy atom. The van der Waals surface area contributed by atoms with Crippen LogP contribution >= 0.6 is 0 Å². The van der Waals surface area contributed by atoms with Gasteiger partial charge < -0.3 is 19.3 Å². The molecule has 0 saturated carbocycles. The molecule has 0 saturated heterocycles. The van der Waals surface area contributed by atoms with Crippen LogP contribution in [-0.4, -0.2) is 31.3 Å². The van der Waals surface area contributed by atoms with Crippen molar-refractivity contribution in [3.05, 3.63) is 23.8 Å². The summed E-state index contributed by atoms with van der Waals surface area (Å²) in [5.74, 6) is 0.617. The summed E-state index contributed by atoms with van der Waals surface area (Å²) in [5.41, 5.74) is 0.618. The fourth-order valence-electron chi connectivity index (χ4n) is 1.30. The van der Waals surface area contributed by atoms with Crippen LogP contribution in [0.25, 0.3) is 0 Å². The number of rotatable bonds is 7. The van der Waals surface area contributed by atoms with Crippen LogP contribution in [0.4, 0.5) is 13.2 Å². The molecule has 4 nitrogen and oxygen atoms in total. The monoisotopic (exact) mass is 280 g/mol. The Balaban J connectivity index is 2.56. The molecule has 0 atom stereocenters. The topological polar surface area (TPSA) is 47.9 Å². The number of ether oxygens (including phenoxy) is 3. The largest absolute Gasteiger partial charge is 0.490 e. The predicted molar refractivity (Wildman–Crippen MR) is 61.0 cm³/mol. The van der Waals surface area contributed by atoms with E-state index in [-0.39, 0.29) is 12.4 Å². The van der Waals surface area contributed by atoms with E-state index in [1.54, 1.807) is 19.1 Å². The number of alkyl halides is 3. The van der Waals surface area contributed by atoms with E-state index >= 15 is 0 Å². The molecule has 0 heterocycles. The minimum Gasteiger partial charge on any atom is -0.490 e. The zero-order valence-corrected chi connectivity index (χ0v) is 10.4. The number of benzene rings is 1. The van der Waals surface area contributed by atoms with Gasteiger partial charge in [-0.05, 0) is 24.6 Å². The first kappa shape index (κ1) is 15.6. The summed E-state index contributed by atoms with van der Waals surface area (Å²) in [6, 6.07) is 4.65. The molecular weight excluding hydrogens is 265 g/mol. The van der Waals surface area contributed by atoms with Crippen molar-refractivity contribution >= 4 is 0 Å². The lowest BCUT2D eigenvalue weighted by Crippen LogP contribution is -2.19. The number of hydrogen-bond donors (Lipinski definition) is 1. The highest BCUT2D eigenvalue weighted by molar-refractivity contribution is 5.42. The predicted octanol–water partition coefficient (Wildman–Crippen LogP) is 2.49. The molecule has 19 heavy (non-hydrogen) atoms. The Morgan fingerprint density at radius 2 is 1.89 bits per heavy atom. The maximum atomic E-state index is 11.8. The zero-order valence-electron chi connectivity index (χ0n) is 10.4. The second kappa shape index (κ2) is 7.20. The lowest BCUT2D eigenvalue weighted by molar-refractivity contribution is -0.186. The van der Waals surface area contributed by atoms with Crippen molar-refractivity contribution in [2.24, 2.45) is 0 Å². The van der Waals surface area contributed by atoms with E-state index in [0.29, 0.717) is 17.9 Å². The standard InChI is InChI=1S/C12H15F3O4/c1-2-18-11-5-9(6-16)3-4-10(11)19-8-17-7-12(13,14)15/h3-5,16H,2,6-8H2,1H3. The summed E-state index contributed by atoms with van der Waals surface area (Å²) >= 11 is 0. The molecule has 7 heteroatoms. The summed E-state index contributed by atoms with van der Waals surface area (Å²) in [4.78, 5) is 0. The smallest absolute Gasteiger partial charge is 0.411 e. The lowest BCUT2D eigenvalue weighted by atomic mass is 10.2. The van der Waals surface area contributed by atoms with Crippen molar-refractivity contribution in [1.29, 1.82) is 0 Å². The highest BCUT2D eigenvalue weighted by Gasteiger charge is 2.27. The number of halogens is 3. The van der Waals surface area contributed by atoms with Gasteiger partial charge in [-0.15, -0.1) is 0 Å². The minimum absolute atomic E-state index is 0.162. The van der Waals surface area contributed by atoms with Crippen molar-refractivity contribution in [1.82, 2.24) is 0 Å². The second-order valence-electron chi connectivity index (χ2n) is 3.60. The van der Waals surface area contributed by atoms with Crippen molar-refractivity contribution in [3.8, 4) is 11.5 Å². The molecule has 0 aliphatic heterocycles. The third-order valence-corrected chi connectivity index (χ3v) is 2.05. The van der Waals surface area contributed by atoms with Crippen LogP contribution in [0.1, 0.15) is 12.5 Å².